The molecule has 1 aliphatic rings. The Balaban J connectivity index is 2.55. The fraction of sp³-hybridized carbons (Fsp3) is 0.923. The van der Waals surface area contributed by atoms with Crippen LogP contribution in [0.15, 0.2) is 0 Å². The van der Waals surface area contributed by atoms with Crippen LogP contribution in [0.5, 0.6) is 0 Å². The van der Waals surface area contributed by atoms with E-state index in [-0.39, 0.29) is 6.04 Å². The first kappa shape index (κ1) is 13.9. The van der Waals surface area contributed by atoms with Gasteiger partial charge in [-0.25, -0.2) is 0 Å². The second-order valence-electron chi connectivity index (χ2n) is 5.89. The van der Waals surface area contributed by atoms with E-state index in [9.17, 15) is 0 Å². The van der Waals surface area contributed by atoms with Gasteiger partial charge in [-0.05, 0) is 44.6 Å². The number of rotatable bonds is 4. The molecule has 1 atom stereocenters. The van der Waals surface area contributed by atoms with E-state index in [0.29, 0.717) is 16.4 Å². The van der Waals surface area contributed by atoms with Crippen LogP contribution in [0, 0.1) is 5.41 Å². The van der Waals surface area contributed by atoms with E-state index in [1.165, 1.54) is 25.7 Å². The maximum absolute atomic E-state index is 5.80. The lowest BCUT2D eigenvalue weighted by molar-refractivity contribution is 0.113. The summed E-state index contributed by atoms with van der Waals surface area (Å²) in [5.74, 6) is 0. The molecule has 1 fully saturated rings. The molecule has 0 spiro atoms. The van der Waals surface area contributed by atoms with Crippen LogP contribution >= 0.6 is 12.2 Å². The van der Waals surface area contributed by atoms with Gasteiger partial charge >= 0.3 is 0 Å². The predicted octanol–water partition coefficient (Wildman–Crippen LogP) is 2.95. The topological polar surface area (TPSA) is 29.3 Å². The highest BCUT2D eigenvalue weighted by Gasteiger charge is 2.31. The second kappa shape index (κ2) is 5.46. The van der Waals surface area contributed by atoms with Crippen molar-refractivity contribution in [1.29, 1.82) is 0 Å². The zero-order chi connectivity index (χ0) is 12.3. The van der Waals surface area contributed by atoms with E-state index < -0.39 is 0 Å². The second-order valence-corrected chi connectivity index (χ2v) is 6.36. The molecule has 1 saturated carbocycles. The molecule has 0 aromatic heterocycles. The first-order valence-corrected chi connectivity index (χ1v) is 6.79. The molecule has 0 heterocycles. The van der Waals surface area contributed by atoms with Gasteiger partial charge in [0.15, 0.2) is 0 Å². The minimum atomic E-state index is 0.279. The van der Waals surface area contributed by atoms with E-state index in [0.717, 1.165) is 6.42 Å². The highest BCUT2D eigenvalue weighted by molar-refractivity contribution is 7.80. The van der Waals surface area contributed by atoms with Crippen molar-refractivity contribution in [3.63, 3.8) is 0 Å². The molecule has 2 N–H and O–H groups in total. The average Bonchev–Trinajstić information content (AvgIpc) is 2.17. The Hall–Kier alpha value is -0.150. The Morgan fingerprint density at radius 2 is 1.94 bits per heavy atom. The van der Waals surface area contributed by atoms with Crippen LogP contribution in [0.2, 0.25) is 0 Å². The van der Waals surface area contributed by atoms with E-state index in [1.807, 2.05) is 0 Å². The van der Waals surface area contributed by atoms with E-state index in [4.69, 9.17) is 18.0 Å². The van der Waals surface area contributed by atoms with Crippen molar-refractivity contribution in [2.24, 2.45) is 11.1 Å². The molecule has 3 heteroatoms. The van der Waals surface area contributed by atoms with Gasteiger partial charge in [-0.3, -0.25) is 4.90 Å². The Morgan fingerprint density at radius 1 is 1.44 bits per heavy atom. The van der Waals surface area contributed by atoms with Gasteiger partial charge < -0.3 is 5.73 Å². The first-order valence-electron chi connectivity index (χ1n) is 6.38. The molecule has 94 valence electrons. The van der Waals surface area contributed by atoms with Crippen LogP contribution < -0.4 is 5.73 Å². The zero-order valence-corrected chi connectivity index (χ0v) is 11.9. The summed E-state index contributed by atoms with van der Waals surface area (Å²) in [5, 5.41) is 0. The molecule has 0 aromatic carbocycles. The monoisotopic (exact) mass is 242 g/mol. The van der Waals surface area contributed by atoms with Crippen molar-refractivity contribution < 1.29 is 0 Å². The van der Waals surface area contributed by atoms with Crippen molar-refractivity contribution in [2.45, 2.75) is 65.0 Å². The van der Waals surface area contributed by atoms with Crippen LogP contribution in [-0.2, 0) is 0 Å². The van der Waals surface area contributed by atoms with Gasteiger partial charge in [0.1, 0.15) is 0 Å². The van der Waals surface area contributed by atoms with Crippen LogP contribution in [0.1, 0.15) is 52.9 Å². The van der Waals surface area contributed by atoms with Gasteiger partial charge in [-0.2, -0.15) is 0 Å². The number of nitrogens with zero attached hydrogens (tertiary/aromatic N) is 1. The summed E-state index contributed by atoms with van der Waals surface area (Å²) in [6, 6.07) is 0.945. The van der Waals surface area contributed by atoms with Gasteiger partial charge in [-0.1, -0.05) is 33.0 Å². The van der Waals surface area contributed by atoms with Crippen LogP contribution in [0.25, 0.3) is 0 Å². The highest BCUT2D eigenvalue weighted by atomic mass is 32.1. The molecular formula is C13H26N2S. The quantitative estimate of drug-likeness (QED) is 0.769. The minimum Gasteiger partial charge on any atom is -0.392 e. The molecule has 16 heavy (non-hydrogen) atoms. The molecular weight excluding hydrogens is 216 g/mol. The molecule has 0 radical (unpaired) electrons. The lowest BCUT2D eigenvalue weighted by Crippen LogP contribution is -2.48. The standard InChI is InChI=1S/C13H26N2S/c1-5-11(12(14)16)15(4)10-6-8-13(2,3)9-7-10/h10-11H,5-9H2,1-4H3,(H2,14,16). The Morgan fingerprint density at radius 3 is 2.31 bits per heavy atom. The predicted molar refractivity (Wildman–Crippen MR) is 74.7 cm³/mol. The van der Waals surface area contributed by atoms with E-state index >= 15 is 0 Å². The largest absolute Gasteiger partial charge is 0.392 e. The van der Waals surface area contributed by atoms with Crippen molar-refractivity contribution in [3.05, 3.63) is 0 Å². The molecule has 1 rings (SSSR count). The fourth-order valence-electron chi connectivity index (χ4n) is 2.74. The van der Waals surface area contributed by atoms with E-state index in [1.54, 1.807) is 0 Å². The van der Waals surface area contributed by atoms with Crippen molar-refractivity contribution in [3.8, 4) is 0 Å². The molecule has 2 nitrogen and oxygen atoms in total. The Labute approximate surface area is 106 Å². The third kappa shape index (κ3) is 3.42. The molecule has 1 unspecified atom stereocenters. The molecule has 1 aliphatic carbocycles. The highest BCUT2D eigenvalue weighted by Crippen LogP contribution is 2.37. The summed E-state index contributed by atoms with van der Waals surface area (Å²) in [6.45, 7) is 6.90. The normalized spacial score (nSPS) is 23.3. The average molecular weight is 242 g/mol. The molecule has 0 aromatic rings. The smallest absolute Gasteiger partial charge is 0.0901 e. The Bertz CT molecular complexity index is 240. The summed E-state index contributed by atoms with van der Waals surface area (Å²) < 4.78 is 0. The van der Waals surface area contributed by atoms with Gasteiger partial charge in [-0.15, -0.1) is 0 Å². The summed E-state index contributed by atoms with van der Waals surface area (Å²) >= 11 is 5.14. The lowest BCUT2D eigenvalue weighted by atomic mass is 9.75. The summed E-state index contributed by atoms with van der Waals surface area (Å²) in [6.07, 6.45) is 6.21. The number of likely N-dealkylation sites (N-methyl/N-ethyl adjacent to an activating group) is 1. The van der Waals surface area contributed by atoms with Crippen molar-refractivity contribution in [1.82, 2.24) is 4.90 Å². The molecule has 0 bridgehead atoms. The lowest BCUT2D eigenvalue weighted by Gasteiger charge is -2.41. The number of hydrogen-bond acceptors (Lipinski definition) is 2. The summed E-state index contributed by atoms with van der Waals surface area (Å²) in [5.41, 5.74) is 6.33. The third-order valence-electron chi connectivity index (χ3n) is 4.09. The summed E-state index contributed by atoms with van der Waals surface area (Å²) in [4.78, 5) is 3.05. The van der Waals surface area contributed by atoms with Gasteiger partial charge in [0, 0.05) is 6.04 Å². The third-order valence-corrected chi connectivity index (χ3v) is 4.36. The summed E-state index contributed by atoms with van der Waals surface area (Å²) in [7, 11) is 2.18. The van der Waals surface area contributed by atoms with Gasteiger partial charge in [0.25, 0.3) is 0 Å². The van der Waals surface area contributed by atoms with Gasteiger partial charge in [0.05, 0.1) is 11.0 Å². The molecule has 0 aliphatic heterocycles. The van der Waals surface area contributed by atoms with Gasteiger partial charge in [0.2, 0.25) is 0 Å². The van der Waals surface area contributed by atoms with Crippen molar-refractivity contribution >= 4 is 17.2 Å². The van der Waals surface area contributed by atoms with Crippen LogP contribution in [-0.4, -0.2) is 29.0 Å². The first-order chi connectivity index (χ1) is 7.37. The van der Waals surface area contributed by atoms with Crippen molar-refractivity contribution in [2.75, 3.05) is 7.05 Å². The maximum Gasteiger partial charge on any atom is 0.0901 e. The van der Waals surface area contributed by atoms with Crippen LogP contribution in [0.4, 0.5) is 0 Å². The fourth-order valence-corrected chi connectivity index (χ4v) is 3.07. The SMILES string of the molecule is CCC(C(N)=S)N(C)C1CCC(C)(C)CC1. The number of thiocarbonyl (C=S) groups is 1. The van der Waals surface area contributed by atoms with E-state index in [2.05, 4.69) is 32.7 Å². The Kier molecular flexibility index (Phi) is 4.74. The molecule has 0 amide bonds. The van der Waals surface area contributed by atoms with Crippen LogP contribution in [0.3, 0.4) is 0 Å². The maximum atomic E-state index is 5.80. The number of nitrogens with two attached hydrogens (primary N) is 1. The minimum absolute atomic E-state index is 0.279. The zero-order valence-electron chi connectivity index (χ0n) is 11.1. The molecule has 0 saturated heterocycles. The number of hydrogen-bond donors (Lipinski definition) is 1.